The lowest BCUT2D eigenvalue weighted by Gasteiger charge is -2.21. The molecule has 3 fully saturated rings. The average molecular weight is 291 g/mol. The van der Waals surface area contributed by atoms with Crippen LogP contribution in [0.4, 0.5) is 0 Å². The quantitative estimate of drug-likeness (QED) is 0.848. The van der Waals surface area contributed by atoms with E-state index in [1.807, 2.05) is 7.11 Å². The summed E-state index contributed by atoms with van der Waals surface area (Å²) in [4.78, 5) is 13.9. The first-order chi connectivity index (χ1) is 10.2. The van der Waals surface area contributed by atoms with Gasteiger partial charge in [0, 0.05) is 19.7 Å². The maximum absolute atomic E-state index is 12.2. The van der Waals surface area contributed by atoms with Crippen LogP contribution in [0.15, 0.2) is 0 Å². The smallest absolute Gasteiger partial charge is 0.237 e. The number of carbonyl (C=O) groups excluding carboxylic acids is 1. The summed E-state index contributed by atoms with van der Waals surface area (Å²) >= 11 is 0. The fraction of sp³-hybridized carbons (Fsp3) is 0.875. The standard InChI is InChI=1S/C16H25N3O2/c1-21-15-7-11-5-13(6-12(11)8-15)18-10-16(20)19-4-2-3-14(19)9-17/h11-15,18H,2-8,10H2,1H3/t11-,12+,13?,14-,15+/m0/s1. The van der Waals surface area contributed by atoms with Gasteiger partial charge in [0.25, 0.3) is 0 Å². The molecule has 116 valence electrons. The zero-order valence-electron chi connectivity index (χ0n) is 12.8. The fourth-order valence-corrected chi connectivity index (χ4v) is 4.45. The zero-order valence-corrected chi connectivity index (χ0v) is 12.8. The highest BCUT2D eigenvalue weighted by atomic mass is 16.5. The Morgan fingerprint density at radius 2 is 2.05 bits per heavy atom. The van der Waals surface area contributed by atoms with Crippen molar-refractivity contribution in [2.75, 3.05) is 20.2 Å². The molecule has 1 saturated heterocycles. The van der Waals surface area contributed by atoms with Crippen molar-refractivity contribution in [2.45, 2.75) is 56.7 Å². The van der Waals surface area contributed by atoms with Gasteiger partial charge < -0.3 is 15.0 Å². The number of methoxy groups -OCH3 is 1. The molecular weight excluding hydrogens is 266 g/mol. The van der Waals surface area contributed by atoms with E-state index >= 15 is 0 Å². The second kappa shape index (κ2) is 6.33. The van der Waals surface area contributed by atoms with Crippen LogP contribution >= 0.6 is 0 Å². The molecule has 5 atom stereocenters. The van der Waals surface area contributed by atoms with Gasteiger partial charge in [0.15, 0.2) is 0 Å². The fourth-order valence-electron chi connectivity index (χ4n) is 4.45. The number of nitriles is 1. The number of nitrogens with one attached hydrogen (secondary N) is 1. The predicted molar refractivity (Wildman–Crippen MR) is 78.4 cm³/mol. The summed E-state index contributed by atoms with van der Waals surface area (Å²) in [7, 11) is 1.81. The third kappa shape index (κ3) is 3.07. The van der Waals surface area contributed by atoms with Crippen molar-refractivity contribution in [2.24, 2.45) is 11.8 Å². The number of nitrogens with zero attached hydrogens (tertiary/aromatic N) is 2. The number of hydrogen-bond acceptors (Lipinski definition) is 4. The molecule has 0 aromatic heterocycles. The van der Waals surface area contributed by atoms with Gasteiger partial charge in [-0.2, -0.15) is 5.26 Å². The molecule has 3 rings (SSSR count). The second-order valence-corrected chi connectivity index (χ2v) is 6.77. The molecule has 0 aromatic carbocycles. The lowest BCUT2D eigenvalue weighted by Crippen LogP contribution is -2.43. The molecule has 2 aliphatic carbocycles. The summed E-state index contributed by atoms with van der Waals surface area (Å²) in [6.07, 6.45) is 6.92. The minimum atomic E-state index is -0.204. The lowest BCUT2D eigenvalue weighted by atomic mass is 10.0. The highest BCUT2D eigenvalue weighted by molar-refractivity contribution is 5.79. The molecule has 1 aliphatic heterocycles. The highest BCUT2D eigenvalue weighted by Crippen LogP contribution is 2.44. The van der Waals surface area contributed by atoms with Crippen LogP contribution in [0.3, 0.4) is 0 Å². The Balaban J connectivity index is 1.43. The number of rotatable bonds is 4. The zero-order chi connectivity index (χ0) is 14.8. The van der Waals surface area contributed by atoms with Crippen molar-refractivity contribution in [3.63, 3.8) is 0 Å². The molecule has 1 N–H and O–H groups in total. The van der Waals surface area contributed by atoms with Gasteiger partial charge in [0.2, 0.25) is 5.91 Å². The average Bonchev–Trinajstić information content (AvgIpc) is 3.17. The molecule has 3 aliphatic rings. The highest BCUT2D eigenvalue weighted by Gasteiger charge is 2.41. The Bertz CT molecular complexity index is 420. The Labute approximate surface area is 126 Å². The van der Waals surface area contributed by atoms with Crippen LogP contribution in [-0.4, -0.2) is 49.2 Å². The number of ether oxygens (including phenoxy) is 1. The second-order valence-electron chi connectivity index (χ2n) is 6.77. The van der Waals surface area contributed by atoms with Crippen molar-refractivity contribution < 1.29 is 9.53 Å². The third-order valence-corrected chi connectivity index (χ3v) is 5.57. The van der Waals surface area contributed by atoms with E-state index in [0.29, 0.717) is 18.7 Å². The van der Waals surface area contributed by atoms with Crippen LogP contribution in [0, 0.1) is 23.2 Å². The summed E-state index contributed by atoms with van der Waals surface area (Å²) in [5.74, 6) is 1.62. The summed E-state index contributed by atoms with van der Waals surface area (Å²) in [5.41, 5.74) is 0. The van der Waals surface area contributed by atoms with E-state index in [9.17, 15) is 4.79 Å². The molecule has 21 heavy (non-hydrogen) atoms. The summed E-state index contributed by atoms with van der Waals surface area (Å²) in [6.45, 7) is 1.13. The van der Waals surface area contributed by atoms with E-state index in [2.05, 4.69) is 11.4 Å². The van der Waals surface area contributed by atoms with Gasteiger partial charge in [-0.3, -0.25) is 4.79 Å². The van der Waals surface area contributed by atoms with Crippen molar-refractivity contribution in [1.82, 2.24) is 10.2 Å². The van der Waals surface area contributed by atoms with Crippen LogP contribution in [0.2, 0.25) is 0 Å². The molecule has 2 saturated carbocycles. The molecule has 0 spiro atoms. The summed E-state index contributed by atoms with van der Waals surface area (Å²) in [6, 6.07) is 2.49. The van der Waals surface area contributed by atoms with E-state index in [1.54, 1.807) is 4.90 Å². The molecule has 5 heteroatoms. The molecule has 5 nitrogen and oxygen atoms in total. The van der Waals surface area contributed by atoms with Gasteiger partial charge in [-0.05, 0) is 50.4 Å². The molecule has 0 aromatic rings. The summed E-state index contributed by atoms with van der Waals surface area (Å²) < 4.78 is 5.46. The Kier molecular flexibility index (Phi) is 4.46. The van der Waals surface area contributed by atoms with Crippen molar-refractivity contribution in [3.8, 4) is 6.07 Å². The molecule has 1 unspecified atom stereocenters. The van der Waals surface area contributed by atoms with E-state index < -0.39 is 0 Å². The van der Waals surface area contributed by atoms with Gasteiger partial charge in [0.05, 0.1) is 18.7 Å². The number of likely N-dealkylation sites (tertiary alicyclic amines) is 1. The van der Waals surface area contributed by atoms with Gasteiger partial charge in [-0.15, -0.1) is 0 Å². The topological polar surface area (TPSA) is 65.4 Å². The largest absolute Gasteiger partial charge is 0.381 e. The van der Waals surface area contributed by atoms with E-state index in [-0.39, 0.29) is 11.9 Å². The lowest BCUT2D eigenvalue weighted by molar-refractivity contribution is -0.130. The van der Waals surface area contributed by atoms with Crippen molar-refractivity contribution in [1.29, 1.82) is 5.26 Å². The van der Waals surface area contributed by atoms with Crippen LogP contribution in [0.25, 0.3) is 0 Å². The van der Waals surface area contributed by atoms with Gasteiger partial charge >= 0.3 is 0 Å². The number of hydrogen-bond donors (Lipinski definition) is 1. The predicted octanol–water partition coefficient (Wildman–Crippen LogP) is 1.29. The Morgan fingerprint density at radius 3 is 2.67 bits per heavy atom. The first kappa shape index (κ1) is 14.8. The van der Waals surface area contributed by atoms with Gasteiger partial charge in [-0.1, -0.05) is 0 Å². The summed E-state index contributed by atoms with van der Waals surface area (Å²) in [5, 5.41) is 12.5. The van der Waals surface area contributed by atoms with Crippen LogP contribution in [0.5, 0.6) is 0 Å². The van der Waals surface area contributed by atoms with E-state index in [1.165, 1.54) is 25.7 Å². The molecule has 1 heterocycles. The van der Waals surface area contributed by atoms with Gasteiger partial charge in [-0.25, -0.2) is 0 Å². The SMILES string of the molecule is CO[C@H]1C[C@H]2CC(NCC(=O)N3CCC[C@H]3C#N)C[C@H]2C1. The minimum absolute atomic E-state index is 0.0888. The number of carbonyl (C=O) groups is 1. The number of amides is 1. The van der Waals surface area contributed by atoms with Crippen molar-refractivity contribution in [3.05, 3.63) is 0 Å². The van der Waals surface area contributed by atoms with E-state index in [0.717, 1.165) is 31.2 Å². The van der Waals surface area contributed by atoms with Crippen LogP contribution in [-0.2, 0) is 9.53 Å². The molecule has 0 bridgehead atoms. The molecule has 1 amide bonds. The van der Waals surface area contributed by atoms with Crippen LogP contribution < -0.4 is 5.32 Å². The Hall–Kier alpha value is -1.12. The molecule has 0 radical (unpaired) electrons. The number of fused-ring (bicyclic) bond motifs is 1. The van der Waals surface area contributed by atoms with Crippen LogP contribution in [0.1, 0.15) is 38.5 Å². The Morgan fingerprint density at radius 1 is 1.33 bits per heavy atom. The first-order valence-corrected chi connectivity index (χ1v) is 8.16. The maximum atomic E-state index is 12.2. The normalized spacial score (nSPS) is 38.5. The first-order valence-electron chi connectivity index (χ1n) is 8.16. The van der Waals surface area contributed by atoms with Gasteiger partial charge in [0.1, 0.15) is 6.04 Å². The molecular formula is C16H25N3O2. The third-order valence-electron chi connectivity index (χ3n) is 5.57. The maximum Gasteiger partial charge on any atom is 0.237 e. The van der Waals surface area contributed by atoms with Crippen molar-refractivity contribution >= 4 is 5.91 Å². The van der Waals surface area contributed by atoms with E-state index in [4.69, 9.17) is 10.00 Å². The minimum Gasteiger partial charge on any atom is -0.381 e. The monoisotopic (exact) mass is 291 g/mol.